The number of carbonyl (C=O) groups excluding carboxylic acids is 3. The van der Waals surface area contributed by atoms with Gasteiger partial charge in [-0.2, -0.15) is 0 Å². The lowest BCUT2D eigenvalue weighted by Gasteiger charge is -2.42. The zero-order chi connectivity index (χ0) is 25.7. The maximum atomic E-state index is 13.3. The van der Waals surface area contributed by atoms with Crippen LogP contribution in [-0.4, -0.2) is 68.2 Å². The monoisotopic (exact) mass is 499 g/mol. The van der Waals surface area contributed by atoms with E-state index in [0.717, 1.165) is 0 Å². The number of hydrogen-bond acceptors (Lipinski definition) is 6. The van der Waals surface area contributed by atoms with Gasteiger partial charge in [0.1, 0.15) is 30.9 Å². The largest absolute Gasteiger partial charge is 0.490 e. The maximum absolute atomic E-state index is 13.3. The average molecular weight is 500 g/mol. The van der Waals surface area contributed by atoms with Gasteiger partial charge in [0.15, 0.2) is 0 Å². The molecule has 2 aliphatic heterocycles. The van der Waals surface area contributed by atoms with Crippen LogP contribution in [0.5, 0.6) is 5.75 Å². The average Bonchev–Trinajstić information content (AvgIpc) is 2.85. The molecule has 2 N–H and O–H groups in total. The third-order valence-electron chi connectivity index (χ3n) is 6.36. The summed E-state index contributed by atoms with van der Waals surface area (Å²) in [4.78, 5) is 39.2. The van der Waals surface area contributed by atoms with Crippen molar-refractivity contribution in [2.75, 3.05) is 32.7 Å². The number of methoxy groups -OCH3 is 1. The van der Waals surface area contributed by atoms with Crippen molar-refractivity contribution in [3.63, 3.8) is 0 Å². The Kier molecular flexibility index (Phi) is 8.17. The summed E-state index contributed by atoms with van der Waals surface area (Å²) >= 11 is 0. The van der Waals surface area contributed by atoms with Gasteiger partial charge in [0, 0.05) is 26.4 Å². The van der Waals surface area contributed by atoms with Gasteiger partial charge in [-0.05, 0) is 48.7 Å². The third kappa shape index (κ3) is 6.19. The Morgan fingerprint density at radius 1 is 1.17 bits per heavy atom. The van der Waals surface area contributed by atoms with Gasteiger partial charge in [-0.3, -0.25) is 14.4 Å². The Balaban J connectivity index is 1.37. The fourth-order valence-electron chi connectivity index (χ4n) is 4.56. The highest BCUT2D eigenvalue weighted by Crippen LogP contribution is 2.32. The number of hydrogen-bond donors (Lipinski definition) is 2. The van der Waals surface area contributed by atoms with E-state index in [2.05, 4.69) is 10.6 Å². The standard InChI is InChI=1S/C26H30FN3O6/c1-30-21-8-7-19(12-24(31)28-13-16-4-3-5-17(27)10-16)36-23(21)14-35-22-9-6-18(11-20(22)26(30)33)29-25(32)15-34-2/h3-6,9-11,19,21,23H,7-8,12-15H2,1-2H3,(H,28,31)(H,29,32)/t19-,21+,23-/m0/s1. The predicted molar refractivity (Wildman–Crippen MR) is 129 cm³/mol. The van der Waals surface area contributed by atoms with Crippen LogP contribution in [0.25, 0.3) is 0 Å². The van der Waals surface area contributed by atoms with Crippen molar-refractivity contribution in [1.29, 1.82) is 0 Å². The van der Waals surface area contributed by atoms with Crippen molar-refractivity contribution in [2.24, 2.45) is 0 Å². The zero-order valence-electron chi connectivity index (χ0n) is 20.3. The molecule has 0 bridgehead atoms. The van der Waals surface area contributed by atoms with Gasteiger partial charge >= 0.3 is 0 Å². The van der Waals surface area contributed by atoms with E-state index in [1.54, 1.807) is 42.3 Å². The van der Waals surface area contributed by atoms with Gasteiger partial charge in [-0.1, -0.05) is 12.1 Å². The number of halogens is 1. The number of fused-ring (bicyclic) bond motifs is 2. The smallest absolute Gasteiger partial charge is 0.257 e. The van der Waals surface area contributed by atoms with Crippen LogP contribution < -0.4 is 15.4 Å². The highest BCUT2D eigenvalue weighted by molar-refractivity contribution is 6.00. The van der Waals surface area contributed by atoms with Crippen LogP contribution in [0.1, 0.15) is 35.2 Å². The van der Waals surface area contributed by atoms with E-state index in [9.17, 15) is 18.8 Å². The van der Waals surface area contributed by atoms with E-state index in [1.165, 1.54) is 19.2 Å². The third-order valence-corrected chi connectivity index (χ3v) is 6.36. The number of nitrogens with one attached hydrogen (secondary N) is 2. The molecule has 9 nitrogen and oxygen atoms in total. The van der Waals surface area contributed by atoms with Crippen molar-refractivity contribution in [3.05, 3.63) is 59.4 Å². The summed E-state index contributed by atoms with van der Waals surface area (Å²) in [5, 5.41) is 5.50. The van der Waals surface area contributed by atoms with Gasteiger partial charge in [0.05, 0.1) is 24.1 Å². The summed E-state index contributed by atoms with van der Waals surface area (Å²) in [6.45, 7) is 0.360. The molecule has 0 aromatic heterocycles. The summed E-state index contributed by atoms with van der Waals surface area (Å²) in [6, 6.07) is 10.8. The molecule has 1 fully saturated rings. The number of ether oxygens (including phenoxy) is 3. The molecule has 10 heteroatoms. The van der Waals surface area contributed by atoms with Crippen LogP contribution in [0.15, 0.2) is 42.5 Å². The maximum Gasteiger partial charge on any atom is 0.257 e. The molecule has 0 spiro atoms. The molecule has 192 valence electrons. The molecule has 2 heterocycles. The minimum absolute atomic E-state index is 0.0908. The first-order valence-electron chi connectivity index (χ1n) is 11.8. The molecule has 0 aliphatic carbocycles. The quantitative estimate of drug-likeness (QED) is 0.607. The fourth-order valence-corrected chi connectivity index (χ4v) is 4.56. The second-order valence-electron chi connectivity index (χ2n) is 8.97. The van der Waals surface area contributed by atoms with Crippen LogP contribution >= 0.6 is 0 Å². The lowest BCUT2D eigenvalue weighted by atomic mass is 9.94. The lowest BCUT2D eigenvalue weighted by molar-refractivity contribution is -0.134. The second-order valence-corrected chi connectivity index (χ2v) is 8.97. The SMILES string of the molecule is COCC(=O)Nc1ccc2c(c1)C(=O)N(C)[C@@H]1CC[C@@H](CC(=O)NCc3cccc(F)c3)O[C@H]1CO2. The van der Waals surface area contributed by atoms with Crippen molar-refractivity contribution in [2.45, 2.75) is 44.1 Å². The molecular weight excluding hydrogens is 469 g/mol. The Morgan fingerprint density at radius 3 is 2.78 bits per heavy atom. The first-order chi connectivity index (χ1) is 17.3. The molecule has 3 amide bonds. The van der Waals surface area contributed by atoms with Gasteiger partial charge < -0.3 is 29.7 Å². The van der Waals surface area contributed by atoms with E-state index in [-0.39, 0.29) is 61.9 Å². The highest BCUT2D eigenvalue weighted by Gasteiger charge is 2.39. The number of benzene rings is 2. The van der Waals surface area contributed by atoms with Crippen LogP contribution in [0.4, 0.5) is 10.1 Å². The molecule has 2 aliphatic rings. The van der Waals surface area contributed by atoms with Crippen molar-refractivity contribution >= 4 is 23.4 Å². The van der Waals surface area contributed by atoms with Gasteiger partial charge in [-0.25, -0.2) is 4.39 Å². The molecule has 1 saturated heterocycles. The second kappa shape index (κ2) is 11.5. The van der Waals surface area contributed by atoms with Crippen LogP contribution in [0.3, 0.4) is 0 Å². The Hall–Kier alpha value is -3.50. The first-order valence-corrected chi connectivity index (χ1v) is 11.8. The van der Waals surface area contributed by atoms with E-state index in [4.69, 9.17) is 14.2 Å². The minimum Gasteiger partial charge on any atom is -0.490 e. The van der Waals surface area contributed by atoms with Crippen molar-refractivity contribution in [3.8, 4) is 5.75 Å². The molecule has 2 aromatic carbocycles. The van der Waals surface area contributed by atoms with E-state index in [0.29, 0.717) is 35.4 Å². The molecular formula is C26H30FN3O6. The fraction of sp³-hybridized carbons (Fsp3) is 0.423. The molecule has 0 radical (unpaired) electrons. The number of nitrogens with zero attached hydrogens (tertiary/aromatic N) is 1. The minimum atomic E-state index is -0.400. The highest BCUT2D eigenvalue weighted by atomic mass is 19.1. The molecule has 2 aromatic rings. The van der Waals surface area contributed by atoms with Gasteiger partial charge in [0.25, 0.3) is 5.91 Å². The summed E-state index contributed by atoms with van der Waals surface area (Å²) < 4.78 is 30.3. The predicted octanol–water partition coefficient (Wildman–Crippen LogP) is 2.50. The number of anilines is 1. The summed E-state index contributed by atoms with van der Waals surface area (Å²) in [6.07, 6.45) is 0.701. The first kappa shape index (κ1) is 25.6. The molecule has 3 atom stereocenters. The molecule has 0 unspecified atom stereocenters. The lowest BCUT2D eigenvalue weighted by Crippen LogP contribution is -2.53. The molecule has 4 rings (SSSR count). The Bertz CT molecular complexity index is 1130. The number of rotatable bonds is 7. The van der Waals surface area contributed by atoms with E-state index in [1.807, 2.05) is 0 Å². The number of carbonyl (C=O) groups is 3. The van der Waals surface area contributed by atoms with Crippen LogP contribution in [0, 0.1) is 5.82 Å². The zero-order valence-corrected chi connectivity index (χ0v) is 20.3. The molecule has 36 heavy (non-hydrogen) atoms. The van der Waals surface area contributed by atoms with E-state index < -0.39 is 6.10 Å². The van der Waals surface area contributed by atoms with Crippen LogP contribution in [-0.2, 0) is 25.6 Å². The van der Waals surface area contributed by atoms with Crippen molar-refractivity contribution in [1.82, 2.24) is 10.2 Å². The number of likely N-dealkylation sites (N-methyl/N-ethyl adjacent to an activating group) is 1. The van der Waals surface area contributed by atoms with Crippen molar-refractivity contribution < 1.29 is 33.0 Å². The van der Waals surface area contributed by atoms with Gasteiger partial charge in [-0.15, -0.1) is 0 Å². The number of amides is 3. The summed E-state index contributed by atoms with van der Waals surface area (Å²) in [7, 11) is 3.15. The Labute approximate surface area is 208 Å². The normalized spacial score (nSPS) is 21.4. The van der Waals surface area contributed by atoms with E-state index >= 15 is 0 Å². The topological polar surface area (TPSA) is 106 Å². The summed E-state index contributed by atoms with van der Waals surface area (Å²) in [5.74, 6) is -0.699. The Morgan fingerprint density at radius 2 is 2.00 bits per heavy atom. The molecule has 0 saturated carbocycles. The summed E-state index contributed by atoms with van der Waals surface area (Å²) in [5.41, 5.74) is 1.51. The van der Waals surface area contributed by atoms with Crippen LogP contribution in [0.2, 0.25) is 0 Å². The van der Waals surface area contributed by atoms with Gasteiger partial charge in [0.2, 0.25) is 11.8 Å².